The Balaban J connectivity index is 1.55. The second-order valence-electron chi connectivity index (χ2n) is 7.92. The summed E-state index contributed by atoms with van der Waals surface area (Å²) >= 11 is 0. The van der Waals surface area contributed by atoms with Gasteiger partial charge in [-0.3, -0.25) is 0 Å². The van der Waals surface area contributed by atoms with Crippen LogP contribution < -0.4 is 5.32 Å². The molecular weight excluding hydrogens is 422 g/mol. The molecule has 1 amide bonds. The number of carbonyl (C=O) groups excluding carboxylic acids is 1. The van der Waals surface area contributed by atoms with Crippen LogP contribution in [0.25, 0.3) is 11.1 Å². The lowest BCUT2D eigenvalue weighted by Crippen LogP contribution is -2.37. The molecule has 1 aromatic heterocycles. The zero-order chi connectivity index (χ0) is 22.7. The summed E-state index contributed by atoms with van der Waals surface area (Å²) < 4.78 is 38.5. The maximum absolute atomic E-state index is 13.7. The van der Waals surface area contributed by atoms with Gasteiger partial charge in [-0.1, -0.05) is 30.3 Å². The summed E-state index contributed by atoms with van der Waals surface area (Å²) in [5, 5.41) is 11.9. The van der Waals surface area contributed by atoms with Crippen LogP contribution in [0.1, 0.15) is 53.5 Å². The number of amides is 1. The van der Waals surface area contributed by atoms with E-state index in [0.717, 1.165) is 5.56 Å². The molecule has 3 aromatic rings. The summed E-state index contributed by atoms with van der Waals surface area (Å²) in [6.07, 6.45) is -0.952. The summed E-state index contributed by atoms with van der Waals surface area (Å²) in [5.74, 6) is -4.03. The van der Waals surface area contributed by atoms with Crippen molar-refractivity contribution < 1.29 is 32.6 Å². The van der Waals surface area contributed by atoms with Crippen LogP contribution >= 0.6 is 0 Å². The molecule has 1 aliphatic rings. The number of fused-ring (bicyclic) bond motifs is 1. The van der Waals surface area contributed by atoms with Crippen molar-refractivity contribution in [2.24, 2.45) is 5.92 Å². The molecule has 1 aliphatic carbocycles. The van der Waals surface area contributed by atoms with Gasteiger partial charge in [0.1, 0.15) is 18.2 Å². The Morgan fingerprint density at radius 3 is 2.59 bits per heavy atom. The molecule has 0 radical (unpaired) electrons. The quantitative estimate of drug-likeness (QED) is 0.534. The lowest BCUT2D eigenvalue weighted by molar-refractivity contribution is -0.0505. The van der Waals surface area contributed by atoms with E-state index in [2.05, 4.69) is 10.3 Å². The summed E-state index contributed by atoms with van der Waals surface area (Å²) in [6, 6.07) is 12.6. The Labute approximate surface area is 182 Å². The Morgan fingerprint density at radius 1 is 1.19 bits per heavy atom. The number of oxazole rings is 1. The SMILES string of the molecule is O=C(NC(c1nc2cc(C(=O)O)ccc2o1)C1CCC(F)(F)CC1)OCc1ccccc1. The van der Waals surface area contributed by atoms with Crippen molar-refractivity contribution in [3.05, 3.63) is 65.5 Å². The first-order valence-electron chi connectivity index (χ1n) is 10.3. The van der Waals surface area contributed by atoms with Crippen molar-refractivity contribution >= 4 is 23.2 Å². The first-order valence-corrected chi connectivity index (χ1v) is 10.3. The summed E-state index contributed by atoms with van der Waals surface area (Å²) in [5.41, 5.74) is 1.50. The van der Waals surface area contributed by atoms with E-state index in [1.807, 2.05) is 30.3 Å². The van der Waals surface area contributed by atoms with E-state index in [1.54, 1.807) is 0 Å². The summed E-state index contributed by atoms with van der Waals surface area (Å²) in [7, 11) is 0. The third-order valence-corrected chi connectivity index (χ3v) is 5.64. The van der Waals surface area contributed by atoms with Gasteiger partial charge in [-0.25, -0.2) is 23.4 Å². The minimum atomic E-state index is -2.73. The largest absolute Gasteiger partial charge is 0.478 e. The third kappa shape index (κ3) is 5.04. The van der Waals surface area contributed by atoms with Crippen LogP contribution in [0.3, 0.4) is 0 Å². The maximum atomic E-state index is 13.7. The monoisotopic (exact) mass is 444 g/mol. The number of ether oxygens (including phenoxy) is 1. The first kappa shape index (κ1) is 21.7. The topological polar surface area (TPSA) is 102 Å². The average Bonchev–Trinajstić information content (AvgIpc) is 3.20. The van der Waals surface area contributed by atoms with Crippen molar-refractivity contribution in [1.29, 1.82) is 0 Å². The van der Waals surface area contributed by atoms with Gasteiger partial charge in [0.15, 0.2) is 5.58 Å². The molecule has 1 fully saturated rings. The van der Waals surface area contributed by atoms with Gasteiger partial charge >= 0.3 is 12.1 Å². The van der Waals surface area contributed by atoms with Crippen molar-refractivity contribution in [2.45, 2.75) is 44.3 Å². The van der Waals surface area contributed by atoms with Crippen molar-refractivity contribution in [2.75, 3.05) is 0 Å². The minimum Gasteiger partial charge on any atom is -0.478 e. The lowest BCUT2D eigenvalue weighted by atomic mass is 9.82. The fourth-order valence-corrected chi connectivity index (χ4v) is 3.88. The minimum absolute atomic E-state index is 0.0430. The predicted octanol–water partition coefficient (Wildman–Crippen LogP) is 5.32. The Hall–Kier alpha value is -3.49. The molecule has 1 saturated carbocycles. The number of aromatic nitrogens is 1. The van der Waals surface area contributed by atoms with Crippen LogP contribution in [-0.2, 0) is 11.3 Å². The number of hydrogen-bond acceptors (Lipinski definition) is 5. The molecule has 9 heteroatoms. The normalized spacial score (nSPS) is 17.1. The van der Waals surface area contributed by atoms with Crippen LogP contribution in [0.5, 0.6) is 0 Å². The molecule has 2 aromatic carbocycles. The lowest BCUT2D eigenvalue weighted by Gasteiger charge is -2.32. The number of carbonyl (C=O) groups is 2. The van der Waals surface area contributed by atoms with E-state index in [4.69, 9.17) is 9.15 Å². The fourth-order valence-electron chi connectivity index (χ4n) is 3.88. The van der Waals surface area contributed by atoms with Crippen LogP contribution in [0.2, 0.25) is 0 Å². The van der Waals surface area contributed by atoms with Crippen LogP contribution in [0.15, 0.2) is 52.9 Å². The van der Waals surface area contributed by atoms with Gasteiger partial charge in [-0.05, 0) is 42.5 Å². The summed E-state index contributed by atoms with van der Waals surface area (Å²) in [6.45, 7) is 0.0532. The van der Waals surface area contributed by atoms with Crippen LogP contribution in [-0.4, -0.2) is 28.1 Å². The molecule has 32 heavy (non-hydrogen) atoms. The fraction of sp³-hybridized carbons (Fsp3) is 0.348. The highest BCUT2D eigenvalue weighted by atomic mass is 19.3. The molecule has 0 spiro atoms. The van der Waals surface area contributed by atoms with E-state index in [-0.39, 0.29) is 49.7 Å². The zero-order valence-corrected chi connectivity index (χ0v) is 17.1. The smallest absolute Gasteiger partial charge is 0.408 e. The Bertz CT molecular complexity index is 1110. The number of halogens is 2. The molecule has 1 unspecified atom stereocenters. The van der Waals surface area contributed by atoms with Crippen LogP contribution in [0, 0.1) is 5.92 Å². The maximum Gasteiger partial charge on any atom is 0.408 e. The number of nitrogens with one attached hydrogen (secondary N) is 1. The Kier molecular flexibility index (Phi) is 6.07. The van der Waals surface area contributed by atoms with Gasteiger partial charge in [-0.2, -0.15) is 0 Å². The molecule has 168 valence electrons. The van der Waals surface area contributed by atoms with Crippen molar-refractivity contribution in [1.82, 2.24) is 10.3 Å². The van der Waals surface area contributed by atoms with E-state index >= 15 is 0 Å². The van der Waals surface area contributed by atoms with Crippen LogP contribution in [0.4, 0.5) is 13.6 Å². The highest BCUT2D eigenvalue weighted by molar-refractivity contribution is 5.91. The number of nitrogens with zero attached hydrogens (tertiary/aromatic N) is 1. The predicted molar refractivity (Wildman–Crippen MR) is 110 cm³/mol. The van der Waals surface area contributed by atoms with E-state index in [0.29, 0.717) is 11.1 Å². The molecule has 1 heterocycles. The number of rotatable bonds is 6. The highest BCUT2D eigenvalue weighted by Gasteiger charge is 2.40. The van der Waals surface area contributed by atoms with Gasteiger partial charge in [0.2, 0.25) is 11.8 Å². The third-order valence-electron chi connectivity index (χ3n) is 5.64. The highest BCUT2D eigenvalue weighted by Crippen LogP contribution is 2.41. The molecule has 0 bridgehead atoms. The Morgan fingerprint density at radius 2 is 1.91 bits per heavy atom. The molecular formula is C23H22F2N2O5. The number of carboxylic acids is 1. The number of benzene rings is 2. The average molecular weight is 444 g/mol. The van der Waals surface area contributed by atoms with E-state index < -0.39 is 24.0 Å². The number of hydrogen-bond donors (Lipinski definition) is 2. The number of alkyl halides is 2. The molecule has 0 aliphatic heterocycles. The number of alkyl carbamates (subject to hydrolysis) is 1. The van der Waals surface area contributed by atoms with E-state index in [1.165, 1.54) is 18.2 Å². The molecule has 2 N–H and O–H groups in total. The van der Waals surface area contributed by atoms with Gasteiger partial charge in [0.05, 0.1) is 5.56 Å². The first-order chi connectivity index (χ1) is 15.3. The zero-order valence-electron chi connectivity index (χ0n) is 17.1. The molecule has 4 rings (SSSR count). The summed E-state index contributed by atoms with van der Waals surface area (Å²) in [4.78, 5) is 28.1. The second-order valence-corrected chi connectivity index (χ2v) is 7.92. The van der Waals surface area contributed by atoms with Gasteiger partial charge in [0, 0.05) is 12.8 Å². The standard InChI is InChI=1S/C23H22F2N2O5/c24-23(25)10-8-15(9-11-23)19(27-22(30)31-13-14-4-2-1-3-5-14)20-26-17-12-16(21(28)29)6-7-18(17)32-20/h1-7,12,15,19H,8-11,13H2,(H,27,30)(H,28,29). The second kappa shape index (κ2) is 8.94. The van der Waals surface area contributed by atoms with Gasteiger partial charge in [-0.15, -0.1) is 0 Å². The van der Waals surface area contributed by atoms with Crippen molar-refractivity contribution in [3.63, 3.8) is 0 Å². The van der Waals surface area contributed by atoms with E-state index in [9.17, 15) is 23.5 Å². The van der Waals surface area contributed by atoms with Gasteiger partial charge in [0.25, 0.3) is 0 Å². The number of carboxylic acid groups (broad SMARTS) is 1. The van der Waals surface area contributed by atoms with Gasteiger partial charge < -0.3 is 19.6 Å². The molecule has 7 nitrogen and oxygen atoms in total. The number of aromatic carboxylic acids is 1. The van der Waals surface area contributed by atoms with Crippen molar-refractivity contribution in [3.8, 4) is 0 Å². The molecule has 0 saturated heterocycles. The molecule has 1 atom stereocenters.